The van der Waals surface area contributed by atoms with E-state index >= 15 is 0 Å². The molecule has 0 fully saturated rings. The van der Waals surface area contributed by atoms with Crippen molar-refractivity contribution in [3.8, 4) is 0 Å². The second-order valence-electron chi connectivity index (χ2n) is 6.33. The van der Waals surface area contributed by atoms with Crippen LogP contribution in [0.2, 0.25) is 0 Å². The van der Waals surface area contributed by atoms with Crippen molar-refractivity contribution in [2.24, 2.45) is 10.9 Å². The molecule has 130 valence electrons. The van der Waals surface area contributed by atoms with Gasteiger partial charge < -0.3 is 10.6 Å². The van der Waals surface area contributed by atoms with Gasteiger partial charge in [0.05, 0.1) is 5.69 Å². The molecule has 1 heterocycles. The zero-order valence-electron chi connectivity index (χ0n) is 15.2. The van der Waals surface area contributed by atoms with Gasteiger partial charge in [0.15, 0.2) is 5.96 Å². The van der Waals surface area contributed by atoms with Crippen LogP contribution in [0.1, 0.15) is 23.9 Å². The normalized spacial score (nSPS) is 12.9. The van der Waals surface area contributed by atoms with Gasteiger partial charge >= 0.3 is 0 Å². The van der Waals surface area contributed by atoms with Gasteiger partial charge in [-0.05, 0) is 37.8 Å². The molecule has 24 heavy (non-hydrogen) atoms. The molecule has 1 unspecified atom stereocenters. The van der Waals surface area contributed by atoms with Gasteiger partial charge in [-0.15, -0.1) is 0 Å². The minimum absolute atomic E-state index is 0.468. The summed E-state index contributed by atoms with van der Waals surface area (Å²) in [5, 5.41) is 11.3. The highest BCUT2D eigenvalue weighted by atomic mass is 15.3. The van der Waals surface area contributed by atoms with Crippen molar-refractivity contribution in [1.29, 1.82) is 0 Å². The third kappa shape index (κ3) is 5.72. The SMILES string of the molecule is CN=C(NCCc1ccccc1)NCC(C)Cn1nc(C)cc1C. The lowest BCUT2D eigenvalue weighted by molar-refractivity contribution is 0.436. The largest absolute Gasteiger partial charge is 0.356 e. The number of aliphatic imine (C=N–C) groups is 1. The first kappa shape index (κ1) is 18.0. The lowest BCUT2D eigenvalue weighted by Crippen LogP contribution is -2.40. The average molecular weight is 327 g/mol. The van der Waals surface area contributed by atoms with Crippen molar-refractivity contribution < 1.29 is 0 Å². The number of hydrogen-bond donors (Lipinski definition) is 2. The molecular formula is C19H29N5. The van der Waals surface area contributed by atoms with E-state index in [2.05, 4.69) is 69.6 Å². The molecule has 2 aromatic rings. The molecule has 0 amide bonds. The summed E-state index contributed by atoms with van der Waals surface area (Å²) in [6, 6.07) is 12.6. The predicted octanol–water partition coefficient (Wildman–Crippen LogP) is 2.54. The summed E-state index contributed by atoms with van der Waals surface area (Å²) in [6.07, 6.45) is 0.989. The molecule has 5 nitrogen and oxygen atoms in total. The molecule has 1 aromatic carbocycles. The van der Waals surface area contributed by atoms with Gasteiger partial charge in [0.2, 0.25) is 0 Å². The highest BCUT2D eigenvalue weighted by Gasteiger charge is 2.08. The van der Waals surface area contributed by atoms with Crippen LogP contribution in [0.15, 0.2) is 41.4 Å². The number of rotatable bonds is 7. The van der Waals surface area contributed by atoms with Gasteiger partial charge in [-0.1, -0.05) is 37.3 Å². The summed E-state index contributed by atoms with van der Waals surface area (Å²) in [4.78, 5) is 4.29. The molecule has 1 atom stereocenters. The van der Waals surface area contributed by atoms with Crippen LogP contribution < -0.4 is 10.6 Å². The molecule has 1 aromatic heterocycles. The Morgan fingerprint density at radius 3 is 2.58 bits per heavy atom. The fourth-order valence-corrected chi connectivity index (χ4v) is 2.68. The summed E-state index contributed by atoms with van der Waals surface area (Å²) < 4.78 is 2.08. The summed E-state index contributed by atoms with van der Waals surface area (Å²) >= 11 is 0. The van der Waals surface area contributed by atoms with Crippen molar-refractivity contribution in [3.05, 3.63) is 53.3 Å². The molecule has 5 heteroatoms. The Labute approximate surface area is 145 Å². The molecule has 0 saturated heterocycles. The molecular weight excluding hydrogens is 298 g/mol. The standard InChI is InChI=1S/C19H29N5/c1-15(14-24-17(3)12-16(2)23-24)13-22-19(20-4)21-11-10-18-8-6-5-7-9-18/h5-9,12,15H,10-11,13-14H2,1-4H3,(H2,20,21,22). The number of nitrogens with one attached hydrogen (secondary N) is 2. The minimum atomic E-state index is 0.468. The number of nitrogens with zero attached hydrogens (tertiary/aromatic N) is 3. The maximum atomic E-state index is 4.52. The van der Waals surface area contributed by atoms with Crippen LogP contribution in [0, 0.1) is 19.8 Å². The quantitative estimate of drug-likeness (QED) is 0.607. The van der Waals surface area contributed by atoms with E-state index in [0.717, 1.165) is 37.7 Å². The van der Waals surface area contributed by atoms with E-state index < -0.39 is 0 Å². The minimum Gasteiger partial charge on any atom is -0.356 e. The van der Waals surface area contributed by atoms with E-state index in [-0.39, 0.29) is 0 Å². The number of aryl methyl sites for hydroxylation is 2. The summed E-state index contributed by atoms with van der Waals surface area (Å²) in [5.41, 5.74) is 3.62. The number of hydrogen-bond acceptors (Lipinski definition) is 2. The maximum absolute atomic E-state index is 4.52. The number of benzene rings is 1. The Balaban J connectivity index is 1.71. The predicted molar refractivity (Wildman–Crippen MR) is 100 cm³/mol. The molecule has 2 rings (SSSR count). The first-order valence-electron chi connectivity index (χ1n) is 8.58. The van der Waals surface area contributed by atoms with E-state index in [1.54, 1.807) is 0 Å². The molecule has 2 N–H and O–H groups in total. The first-order valence-corrected chi connectivity index (χ1v) is 8.58. The Hall–Kier alpha value is -2.30. The highest BCUT2D eigenvalue weighted by Crippen LogP contribution is 2.05. The molecule has 0 aliphatic carbocycles. The molecule has 0 bridgehead atoms. The third-order valence-corrected chi connectivity index (χ3v) is 3.98. The van der Waals surface area contributed by atoms with Crippen molar-refractivity contribution in [2.45, 2.75) is 33.7 Å². The lowest BCUT2D eigenvalue weighted by Gasteiger charge is -2.17. The van der Waals surface area contributed by atoms with Crippen LogP contribution in [0.3, 0.4) is 0 Å². The van der Waals surface area contributed by atoms with E-state index in [1.807, 2.05) is 20.0 Å². The number of aromatic nitrogens is 2. The van der Waals surface area contributed by atoms with E-state index in [9.17, 15) is 0 Å². The van der Waals surface area contributed by atoms with Gasteiger partial charge in [0, 0.05) is 32.4 Å². The Morgan fingerprint density at radius 2 is 1.96 bits per heavy atom. The Bertz CT molecular complexity index is 645. The fourth-order valence-electron chi connectivity index (χ4n) is 2.68. The monoisotopic (exact) mass is 327 g/mol. The van der Waals surface area contributed by atoms with Gasteiger partial charge in [0.25, 0.3) is 0 Å². The summed E-state index contributed by atoms with van der Waals surface area (Å²) in [6.45, 7) is 9.00. The average Bonchev–Trinajstić information content (AvgIpc) is 2.89. The fraction of sp³-hybridized carbons (Fsp3) is 0.474. The molecule has 0 aliphatic rings. The Morgan fingerprint density at radius 1 is 1.21 bits per heavy atom. The van der Waals surface area contributed by atoms with Crippen LogP contribution >= 0.6 is 0 Å². The summed E-state index contributed by atoms with van der Waals surface area (Å²) in [7, 11) is 1.81. The molecule has 0 radical (unpaired) electrons. The second-order valence-corrected chi connectivity index (χ2v) is 6.33. The van der Waals surface area contributed by atoms with E-state index in [0.29, 0.717) is 5.92 Å². The van der Waals surface area contributed by atoms with Crippen LogP contribution in [-0.2, 0) is 13.0 Å². The maximum Gasteiger partial charge on any atom is 0.190 e. The van der Waals surface area contributed by atoms with Gasteiger partial charge in [-0.3, -0.25) is 9.67 Å². The topological polar surface area (TPSA) is 54.2 Å². The van der Waals surface area contributed by atoms with E-state index in [4.69, 9.17) is 0 Å². The van der Waals surface area contributed by atoms with Crippen LogP contribution in [-0.4, -0.2) is 35.9 Å². The molecule has 0 aliphatic heterocycles. The van der Waals surface area contributed by atoms with Crippen molar-refractivity contribution in [3.63, 3.8) is 0 Å². The van der Waals surface area contributed by atoms with Crippen LogP contribution in [0.25, 0.3) is 0 Å². The van der Waals surface area contributed by atoms with Gasteiger partial charge in [-0.25, -0.2) is 0 Å². The van der Waals surface area contributed by atoms with Gasteiger partial charge in [-0.2, -0.15) is 5.10 Å². The lowest BCUT2D eigenvalue weighted by atomic mass is 10.1. The van der Waals surface area contributed by atoms with E-state index in [1.165, 1.54) is 11.3 Å². The highest BCUT2D eigenvalue weighted by molar-refractivity contribution is 5.79. The summed E-state index contributed by atoms with van der Waals surface area (Å²) in [5.74, 6) is 1.32. The second kappa shape index (κ2) is 9.11. The van der Waals surface area contributed by atoms with Crippen LogP contribution in [0.4, 0.5) is 0 Å². The van der Waals surface area contributed by atoms with Crippen molar-refractivity contribution >= 4 is 5.96 Å². The molecule has 0 spiro atoms. The van der Waals surface area contributed by atoms with Gasteiger partial charge in [0.1, 0.15) is 0 Å². The zero-order chi connectivity index (χ0) is 17.4. The third-order valence-electron chi connectivity index (χ3n) is 3.98. The number of guanidine groups is 1. The smallest absolute Gasteiger partial charge is 0.190 e. The molecule has 0 saturated carbocycles. The van der Waals surface area contributed by atoms with Crippen molar-refractivity contribution in [2.75, 3.05) is 20.1 Å². The van der Waals surface area contributed by atoms with Crippen LogP contribution in [0.5, 0.6) is 0 Å². The Kier molecular flexibility index (Phi) is 6.85. The first-order chi connectivity index (χ1) is 11.6. The van der Waals surface area contributed by atoms with Crippen molar-refractivity contribution in [1.82, 2.24) is 20.4 Å². The zero-order valence-corrected chi connectivity index (χ0v) is 15.2.